The van der Waals surface area contributed by atoms with Gasteiger partial charge in [-0.05, 0) is 19.9 Å². The number of hydrogen-bond acceptors (Lipinski definition) is 4. The van der Waals surface area contributed by atoms with Gasteiger partial charge in [0.05, 0.1) is 13.0 Å². The number of aryl methyl sites for hydroxylation is 1. The van der Waals surface area contributed by atoms with Gasteiger partial charge in [-0.1, -0.05) is 17.7 Å². The quantitative estimate of drug-likeness (QED) is 0.584. The van der Waals surface area contributed by atoms with Gasteiger partial charge in [-0.2, -0.15) is 0 Å². The zero-order valence-electron chi connectivity index (χ0n) is 10.3. The monoisotopic (exact) mass is 237 g/mol. The van der Waals surface area contributed by atoms with Crippen molar-refractivity contribution in [2.24, 2.45) is 0 Å². The van der Waals surface area contributed by atoms with Gasteiger partial charge in [-0.3, -0.25) is 4.79 Å². The van der Waals surface area contributed by atoms with Gasteiger partial charge in [0.2, 0.25) is 0 Å². The molecule has 0 aliphatic rings. The third-order valence-electron chi connectivity index (χ3n) is 2.36. The van der Waals surface area contributed by atoms with Crippen LogP contribution in [-0.4, -0.2) is 24.2 Å². The Labute approximate surface area is 102 Å². The summed E-state index contributed by atoms with van der Waals surface area (Å²) in [5.41, 5.74) is 1.94. The molecule has 0 aliphatic heterocycles. The Kier molecular flexibility index (Phi) is 5.49. The van der Waals surface area contributed by atoms with Gasteiger partial charge in [-0.15, -0.1) is 0 Å². The average Bonchev–Trinajstić information content (AvgIpc) is 2.29. The molecule has 17 heavy (non-hydrogen) atoms. The number of phenolic OH excluding ortho intramolecular Hbond substituents is 1. The van der Waals surface area contributed by atoms with Gasteiger partial charge in [0.15, 0.2) is 0 Å². The second-order valence-electron chi connectivity index (χ2n) is 3.86. The van der Waals surface area contributed by atoms with Crippen LogP contribution in [0.3, 0.4) is 0 Å². The summed E-state index contributed by atoms with van der Waals surface area (Å²) in [6, 6.07) is 5.46. The van der Waals surface area contributed by atoms with Crippen molar-refractivity contribution in [2.75, 3.05) is 13.2 Å². The summed E-state index contributed by atoms with van der Waals surface area (Å²) in [7, 11) is 0. The second kappa shape index (κ2) is 6.91. The van der Waals surface area contributed by atoms with Crippen LogP contribution in [0, 0.1) is 6.92 Å². The first-order valence-electron chi connectivity index (χ1n) is 5.78. The van der Waals surface area contributed by atoms with Gasteiger partial charge >= 0.3 is 5.97 Å². The number of carbonyl (C=O) groups is 1. The molecule has 0 amide bonds. The SMILES string of the molecule is CCOC(=O)CCNCc1cc(C)ccc1O. The summed E-state index contributed by atoms with van der Waals surface area (Å²) in [6.07, 6.45) is 0.348. The lowest BCUT2D eigenvalue weighted by Gasteiger charge is -2.07. The van der Waals surface area contributed by atoms with Gasteiger partial charge in [0.25, 0.3) is 0 Å². The lowest BCUT2D eigenvalue weighted by molar-refractivity contribution is -0.142. The number of nitrogens with one attached hydrogen (secondary N) is 1. The first-order valence-corrected chi connectivity index (χ1v) is 5.78. The van der Waals surface area contributed by atoms with Crippen molar-refractivity contribution in [1.82, 2.24) is 5.32 Å². The van der Waals surface area contributed by atoms with Crippen LogP contribution < -0.4 is 5.32 Å². The Balaban J connectivity index is 2.31. The number of ether oxygens (including phenoxy) is 1. The van der Waals surface area contributed by atoms with Crippen LogP contribution in [-0.2, 0) is 16.1 Å². The lowest BCUT2D eigenvalue weighted by atomic mass is 10.1. The predicted molar refractivity (Wildman–Crippen MR) is 65.8 cm³/mol. The number of esters is 1. The number of hydrogen-bond donors (Lipinski definition) is 2. The van der Waals surface area contributed by atoms with Crippen molar-refractivity contribution < 1.29 is 14.6 Å². The van der Waals surface area contributed by atoms with Gasteiger partial charge < -0.3 is 15.2 Å². The smallest absolute Gasteiger partial charge is 0.307 e. The molecule has 0 saturated carbocycles. The largest absolute Gasteiger partial charge is 0.508 e. The number of aromatic hydroxyl groups is 1. The van der Waals surface area contributed by atoms with Crippen molar-refractivity contribution in [1.29, 1.82) is 0 Å². The molecule has 0 unspecified atom stereocenters. The molecule has 0 fully saturated rings. The maximum absolute atomic E-state index is 11.1. The third-order valence-corrected chi connectivity index (χ3v) is 2.36. The Morgan fingerprint density at radius 3 is 2.94 bits per heavy atom. The van der Waals surface area contributed by atoms with E-state index in [2.05, 4.69) is 5.32 Å². The number of benzene rings is 1. The molecule has 1 rings (SSSR count). The van der Waals surface area contributed by atoms with Crippen molar-refractivity contribution in [2.45, 2.75) is 26.8 Å². The molecule has 0 saturated heterocycles. The Morgan fingerprint density at radius 2 is 2.24 bits per heavy atom. The van der Waals surface area contributed by atoms with Gasteiger partial charge in [-0.25, -0.2) is 0 Å². The zero-order valence-corrected chi connectivity index (χ0v) is 10.3. The third kappa shape index (κ3) is 4.87. The second-order valence-corrected chi connectivity index (χ2v) is 3.86. The van der Waals surface area contributed by atoms with E-state index in [1.54, 1.807) is 13.0 Å². The Morgan fingerprint density at radius 1 is 1.47 bits per heavy atom. The molecule has 0 aliphatic carbocycles. The summed E-state index contributed by atoms with van der Waals surface area (Å²) in [5, 5.41) is 12.7. The minimum Gasteiger partial charge on any atom is -0.508 e. The highest BCUT2D eigenvalue weighted by Gasteiger charge is 2.03. The van der Waals surface area contributed by atoms with Crippen LogP contribution in [0.2, 0.25) is 0 Å². The average molecular weight is 237 g/mol. The van der Waals surface area contributed by atoms with E-state index in [9.17, 15) is 9.90 Å². The molecule has 0 heterocycles. The lowest BCUT2D eigenvalue weighted by Crippen LogP contribution is -2.19. The van der Waals surface area contributed by atoms with Gasteiger partial charge in [0.1, 0.15) is 5.75 Å². The van der Waals surface area contributed by atoms with Crippen molar-refractivity contribution in [3.8, 4) is 5.75 Å². The standard InChI is InChI=1S/C13H19NO3/c1-3-17-13(16)6-7-14-9-11-8-10(2)4-5-12(11)15/h4-5,8,14-15H,3,6-7,9H2,1-2H3. The summed E-state index contributed by atoms with van der Waals surface area (Å²) in [5.74, 6) is 0.0766. The first kappa shape index (κ1) is 13.5. The van der Waals surface area contributed by atoms with Crippen LogP contribution in [0.15, 0.2) is 18.2 Å². The minimum absolute atomic E-state index is 0.200. The highest BCUT2D eigenvalue weighted by Crippen LogP contribution is 2.17. The van der Waals surface area contributed by atoms with Crippen LogP contribution in [0.25, 0.3) is 0 Å². The predicted octanol–water partition coefficient (Wildman–Crippen LogP) is 1.74. The van der Waals surface area contributed by atoms with Crippen LogP contribution >= 0.6 is 0 Å². The van der Waals surface area contributed by atoms with E-state index in [-0.39, 0.29) is 11.7 Å². The fraction of sp³-hybridized carbons (Fsp3) is 0.462. The molecular formula is C13H19NO3. The van der Waals surface area contributed by atoms with E-state index in [1.807, 2.05) is 19.1 Å². The van der Waals surface area contributed by atoms with Crippen LogP contribution in [0.1, 0.15) is 24.5 Å². The minimum atomic E-state index is -0.200. The molecule has 0 aromatic heterocycles. The molecule has 0 atom stereocenters. The van der Waals surface area contributed by atoms with E-state index in [4.69, 9.17) is 4.74 Å². The molecule has 0 spiro atoms. The molecule has 2 N–H and O–H groups in total. The van der Waals surface area contributed by atoms with E-state index >= 15 is 0 Å². The van der Waals surface area contributed by atoms with Gasteiger partial charge in [0, 0.05) is 18.7 Å². The normalized spacial score (nSPS) is 10.2. The molecule has 4 nitrogen and oxygen atoms in total. The van der Waals surface area contributed by atoms with Crippen LogP contribution in [0.5, 0.6) is 5.75 Å². The summed E-state index contributed by atoms with van der Waals surface area (Å²) in [4.78, 5) is 11.1. The Hall–Kier alpha value is -1.55. The van der Waals surface area contributed by atoms with E-state index in [0.29, 0.717) is 26.1 Å². The summed E-state index contributed by atoms with van der Waals surface area (Å²) < 4.78 is 4.81. The topological polar surface area (TPSA) is 58.6 Å². The molecule has 0 radical (unpaired) electrons. The maximum Gasteiger partial charge on any atom is 0.307 e. The van der Waals surface area contributed by atoms with E-state index in [0.717, 1.165) is 11.1 Å². The Bertz CT molecular complexity index is 377. The highest BCUT2D eigenvalue weighted by molar-refractivity contribution is 5.69. The molecule has 1 aromatic rings. The fourth-order valence-electron chi connectivity index (χ4n) is 1.50. The number of rotatable bonds is 6. The van der Waals surface area contributed by atoms with E-state index < -0.39 is 0 Å². The van der Waals surface area contributed by atoms with Crippen molar-refractivity contribution >= 4 is 5.97 Å². The van der Waals surface area contributed by atoms with E-state index in [1.165, 1.54) is 0 Å². The number of phenols is 1. The fourth-order valence-corrected chi connectivity index (χ4v) is 1.50. The van der Waals surface area contributed by atoms with Crippen molar-refractivity contribution in [3.05, 3.63) is 29.3 Å². The molecule has 4 heteroatoms. The summed E-state index contributed by atoms with van der Waals surface area (Å²) >= 11 is 0. The molecule has 0 bridgehead atoms. The molecule has 94 valence electrons. The zero-order chi connectivity index (χ0) is 12.7. The first-order chi connectivity index (χ1) is 8.13. The molecule has 1 aromatic carbocycles. The van der Waals surface area contributed by atoms with Crippen LogP contribution in [0.4, 0.5) is 0 Å². The maximum atomic E-state index is 11.1. The highest BCUT2D eigenvalue weighted by atomic mass is 16.5. The van der Waals surface area contributed by atoms with Crippen molar-refractivity contribution in [3.63, 3.8) is 0 Å². The summed E-state index contributed by atoms with van der Waals surface area (Å²) in [6.45, 7) is 5.27. The molecular weight excluding hydrogens is 218 g/mol. The number of carbonyl (C=O) groups excluding carboxylic acids is 1.